The SMILES string of the molecule is CCC1COC(C)CN1CC1(CO)CCCC1. The number of hydrogen-bond donors (Lipinski definition) is 1. The van der Waals surface area contributed by atoms with E-state index in [-0.39, 0.29) is 5.41 Å². The van der Waals surface area contributed by atoms with Gasteiger partial charge in [0.1, 0.15) is 0 Å². The Morgan fingerprint density at radius 1 is 1.35 bits per heavy atom. The Hall–Kier alpha value is -0.120. The van der Waals surface area contributed by atoms with Gasteiger partial charge in [0.05, 0.1) is 12.7 Å². The lowest BCUT2D eigenvalue weighted by molar-refractivity contribution is -0.0740. The molecule has 0 aromatic carbocycles. The van der Waals surface area contributed by atoms with Crippen molar-refractivity contribution in [2.75, 3.05) is 26.3 Å². The number of nitrogens with zero attached hydrogens (tertiary/aromatic N) is 1. The summed E-state index contributed by atoms with van der Waals surface area (Å²) in [5.74, 6) is 0. The Bertz CT molecular complexity index is 238. The van der Waals surface area contributed by atoms with Gasteiger partial charge in [0.15, 0.2) is 0 Å². The molecule has 0 amide bonds. The molecule has 2 rings (SSSR count). The maximum Gasteiger partial charge on any atom is 0.0674 e. The molecule has 1 saturated carbocycles. The van der Waals surface area contributed by atoms with Crippen LogP contribution in [0.2, 0.25) is 0 Å². The molecule has 3 nitrogen and oxygen atoms in total. The van der Waals surface area contributed by atoms with Crippen LogP contribution in [0.4, 0.5) is 0 Å². The second kappa shape index (κ2) is 5.68. The molecule has 1 aliphatic heterocycles. The smallest absolute Gasteiger partial charge is 0.0674 e. The van der Waals surface area contributed by atoms with Crippen LogP contribution in [0.5, 0.6) is 0 Å². The van der Waals surface area contributed by atoms with E-state index in [1.165, 1.54) is 25.7 Å². The minimum absolute atomic E-state index is 0.185. The van der Waals surface area contributed by atoms with Crippen molar-refractivity contribution in [1.29, 1.82) is 0 Å². The highest BCUT2D eigenvalue weighted by Gasteiger charge is 2.38. The van der Waals surface area contributed by atoms with Gasteiger partial charge in [-0.25, -0.2) is 0 Å². The fourth-order valence-electron chi connectivity index (χ4n) is 3.40. The molecule has 1 N–H and O–H groups in total. The summed E-state index contributed by atoms with van der Waals surface area (Å²) in [5.41, 5.74) is 0.185. The third-order valence-corrected chi connectivity index (χ3v) is 4.59. The normalized spacial score (nSPS) is 34.1. The van der Waals surface area contributed by atoms with Crippen LogP contribution in [0.15, 0.2) is 0 Å². The van der Waals surface area contributed by atoms with E-state index in [1.807, 2.05) is 0 Å². The second-order valence-electron chi connectivity index (χ2n) is 6.00. The summed E-state index contributed by atoms with van der Waals surface area (Å²) >= 11 is 0. The van der Waals surface area contributed by atoms with Crippen LogP contribution < -0.4 is 0 Å². The summed E-state index contributed by atoms with van der Waals surface area (Å²) in [4.78, 5) is 2.57. The lowest BCUT2D eigenvalue weighted by atomic mass is 9.85. The van der Waals surface area contributed by atoms with Gasteiger partial charge in [-0.3, -0.25) is 4.90 Å². The van der Waals surface area contributed by atoms with Gasteiger partial charge >= 0.3 is 0 Å². The predicted molar refractivity (Wildman–Crippen MR) is 69.1 cm³/mol. The molecule has 0 radical (unpaired) electrons. The van der Waals surface area contributed by atoms with Gasteiger partial charge in [0.2, 0.25) is 0 Å². The third-order valence-electron chi connectivity index (χ3n) is 4.59. The summed E-state index contributed by atoms with van der Waals surface area (Å²) in [6.45, 7) is 7.70. The number of morpholine rings is 1. The molecule has 0 spiro atoms. The van der Waals surface area contributed by atoms with Gasteiger partial charge in [-0.2, -0.15) is 0 Å². The maximum atomic E-state index is 9.71. The molecule has 2 aliphatic rings. The van der Waals surface area contributed by atoms with Crippen LogP contribution >= 0.6 is 0 Å². The third kappa shape index (κ3) is 3.01. The van der Waals surface area contributed by atoms with Crippen LogP contribution in [-0.4, -0.2) is 48.5 Å². The predicted octanol–water partition coefficient (Wildman–Crippen LogP) is 2.04. The Morgan fingerprint density at radius 3 is 2.65 bits per heavy atom. The number of aliphatic hydroxyl groups is 1. The van der Waals surface area contributed by atoms with Gasteiger partial charge < -0.3 is 9.84 Å². The molecule has 3 heteroatoms. The minimum Gasteiger partial charge on any atom is -0.396 e. The summed E-state index contributed by atoms with van der Waals surface area (Å²) < 4.78 is 5.74. The number of ether oxygens (including phenoxy) is 1. The number of rotatable bonds is 4. The van der Waals surface area contributed by atoms with Crippen molar-refractivity contribution in [3.63, 3.8) is 0 Å². The van der Waals surface area contributed by atoms with Crippen molar-refractivity contribution >= 4 is 0 Å². The van der Waals surface area contributed by atoms with Crippen molar-refractivity contribution in [1.82, 2.24) is 4.90 Å². The van der Waals surface area contributed by atoms with E-state index < -0.39 is 0 Å². The maximum absolute atomic E-state index is 9.71. The van der Waals surface area contributed by atoms with Crippen LogP contribution in [0, 0.1) is 5.41 Å². The van der Waals surface area contributed by atoms with Crippen LogP contribution in [0.3, 0.4) is 0 Å². The van der Waals surface area contributed by atoms with Crippen LogP contribution in [0.1, 0.15) is 46.0 Å². The first-order chi connectivity index (χ1) is 8.19. The zero-order valence-electron chi connectivity index (χ0n) is 11.3. The van der Waals surface area contributed by atoms with Crippen LogP contribution in [-0.2, 0) is 4.74 Å². The monoisotopic (exact) mass is 241 g/mol. The summed E-state index contributed by atoms with van der Waals surface area (Å²) in [5, 5.41) is 9.71. The lowest BCUT2D eigenvalue weighted by Gasteiger charge is -2.43. The Kier molecular flexibility index (Phi) is 4.45. The molecule has 0 aromatic rings. The van der Waals surface area contributed by atoms with Crippen molar-refractivity contribution in [3.05, 3.63) is 0 Å². The van der Waals surface area contributed by atoms with Gasteiger partial charge in [0, 0.05) is 31.2 Å². The van der Waals surface area contributed by atoms with E-state index in [0.717, 1.165) is 26.1 Å². The quantitative estimate of drug-likeness (QED) is 0.817. The molecule has 0 bridgehead atoms. The first kappa shape index (κ1) is 13.3. The summed E-state index contributed by atoms with van der Waals surface area (Å²) in [6, 6.07) is 0.551. The fraction of sp³-hybridized carbons (Fsp3) is 1.00. The first-order valence-corrected chi connectivity index (χ1v) is 7.15. The van der Waals surface area contributed by atoms with Gasteiger partial charge in [0.25, 0.3) is 0 Å². The van der Waals surface area contributed by atoms with E-state index in [1.54, 1.807) is 0 Å². The van der Waals surface area contributed by atoms with Gasteiger partial charge in [-0.05, 0) is 26.2 Å². The number of hydrogen-bond acceptors (Lipinski definition) is 3. The summed E-state index contributed by atoms with van der Waals surface area (Å²) in [6.07, 6.45) is 6.47. The molecule has 2 atom stereocenters. The van der Waals surface area contributed by atoms with Crippen molar-refractivity contribution in [2.45, 2.75) is 58.1 Å². The molecule has 2 unspecified atom stereocenters. The largest absolute Gasteiger partial charge is 0.396 e. The molecule has 2 fully saturated rings. The van der Waals surface area contributed by atoms with E-state index in [0.29, 0.717) is 18.8 Å². The highest BCUT2D eigenvalue weighted by molar-refractivity contribution is 4.90. The van der Waals surface area contributed by atoms with Crippen molar-refractivity contribution < 1.29 is 9.84 Å². The fourth-order valence-corrected chi connectivity index (χ4v) is 3.40. The van der Waals surface area contributed by atoms with E-state index >= 15 is 0 Å². The molecule has 17 heavy (non-hydrogen) atoms. The first-order valence-electron chi connectivity index (χ1n) is 7.15. The molecule has 100 valence electrons. The summed E-state index contributed by atoms with van der Waals surface area (Å²) in [7, 11) is 0. The van der Waals surface area contributed by atoms with Crippen molar-refractivity contribution in [2.24, 2.45) is 5.41 Å². The van der Waals surface area contributed by atoms with Gasteiger partial charge in [-0.15, -0.1) is 0 Å². The highest BCUT2D eigenvalue weighted by atomic mass is 16.5. The molecule has 1 heterocycles. The standard InChI is InChI=1S/C14H27NO2/c1-3-13-9-17-12(2)8-15(13)10-14(11-16)6-4-5-7-14/h12-13,16H,3-11H2,1-2H3. The van der Waals surface area contributed by atoms with Gasteiger partial charge in [-0.1, -0.05) is 19.8 Å². The topological polar surface area (TPSA) is 32.7 Å². The molecular formula is C14H27NO2. The average Bonchev–Trinajstić information content (AvgIpc) is 2.79. The van der Waals surface area contributed by atoms with Crippen LogP contribution in [0.25, 0.3) is 0 Å². The lowest BCUT2D eigenvalue weighted by Crippen LogP contribution is -2.52. The minimum atomic E-state index is 0.185. The van der Waals surface area contributed by atoms with E-state index in [9.17, 15) is 5.11 Å². The average molecular weight is 241 g/mol. The number of aliphatic hydroxyl groups excluding tert-OH is 1. The zero-order chi connectivity index (χ0) is 12.3. The zero-order valence-corrected chi connectivity index (χ0v) is 11.3. The van der Waals surface area contributed by atoms with E-state index in [4.69, 9.17) is 4.74 Å². The Labute approximate surface area is 105 Å². The Balaban J connectivity index is 1.98. The second-order valence-corrected chi connectivity index (χ2v) is 6.00. The van der Waals surface area contributed by atoms with E-state index in [2.05, 4.69) is 18.7 Å². The molecular weight excluding hydrogens is 214 g/mol. The highest BCUT2D eigenvalue weighted by Crippen LogP contribution is 2.39. The molecule has 1 aliphatic carbocycles. The molecule has 0 aromatic heterocycles. The van der Waals surface area contributed by atoms with Crippen molar-refractivity contribution in [3.8, 4) is 0 Å². The molecule has 1 saturated heterocycles. The Morgan fingerprint density at radius 2 is 2.06 bits per heavy atom.